The number of aromatic amines is 1. The molecule has 0 bridgehead atoms. The molecule has 1 saturated heterocycles. The van der Waals surface area contributed by atoms with Gasteiger partial charge in [0.15, 0.2) is 5.82 Å². The highest BCUT2D eigenvalue weighted by Gasteiger charge is 2.21. The summed E-state index contributed by atoms with van der Waals surface area (Å²) in [6.07, 6.45) is 4.14. The Bertz CT molecular complexity index is 500. The largest absolute Gasteiger partial charge is 0.374 e. The number of likely N-dealkylation sites (N-methyl/N-ethyl adjacent to an activating group) is 1. The van der Waals surface area contributed by atoms with Crippen LogP contribution in [0.2, 0.25) is 0 Å². The molecule has 2 aliphatic rings. The van der Waals surface area contributed by atoms with Crippen molar-refractivity contribution < 1.29 is 0 Å². The molecule has 6 heteroatoms. The van der Waals surface area contributed by atoms with Crippen LogP contribution >= 0.6 is 15.9 Å². The molecule has 3 rings (SSSR count). The lowest BCUT2D eigenvalue weighted by molar-refractivity contribution is 0.439. The summed E-state index contributed by atoms with van der Waals surface area (Å²) in [5.74, 6) is 1.47. The lowest BCUT2D eigenvalue weighted by atomic mass is 10.00. The van der Waals surface area contributed by atoms with E-state index in [1.165, 1.54) is 5.69 Å². The number of anilines is 1. The van der Waals surface area contributed by atoms with Crippen molar-refractivity contribution in [1.82, 2.24) is 20.4 Å². The van der Waals surface area contributed by atoms with E-state index < -0.39 is 0 Å². The zero-order chi connectivity index (χ0) is 12.5. The lowest BCUT2D eigenvalue weighted by Gasteiger charge is -2.25. The van der Waals surface area contributed by atoms with Gasteiger partial charge in [-0.1, -0.05) is 0 Å². The number of rotatable bonds is 3. The molecule has 0 aromatic carbocycles. The van der Waals surface area contributed by atoms with Crippen molar-refractivity contribution in [3.05, 3.63) is 34.2 Å². The zero-order valence-corrected chi connectivity index (χ0v) is 11.8. The molecular formula is C12H16BrN5. The van der Waals surface area contributed by atoms with Gasteiger partial charge in [-0.2, -0.15) is 5.10 Å². The van der Waals surface area contributed by atoms with Gasteiger partial charge < -0.3 is 15.5 Å². The highest BCUT2D eigenvalue weighted by atomic mass is 79.9. The Kier molecular flexibility index (Phi) is 3.13. The van der Waals surface area contributed by atoms with E-state index in [1.807, 2.05) is 7.05 Å². The summed E-state index contributed by atoms with van der Waals surface area (Å²) < 4.78 is 1.07. The van der Waals surface area contributed by atoms with Crippen LogP contribution in [0.4, 0.5) is 5.82 Å². The average molecular weight is 310 g/mol. The summed E-state index contributed by atoms with van der Waals surface area (Å²) in [6.45, 7) is 2.95. The summed E-state index contributed by atoms with van der Waals surface area (Å²) in [7, 11) is 2.05. The van der Waals surface area contributed by atoms with Gasteiger partial charge in [0.05, 0.1) is 6.54 Å². The van der Waals surface area contributed by atoms with Crippen LogP contribution in [-0.4, -0.2) is 41.8 Å². The number of hydrogen-bond donors (Lipinski definition) is 3. The fourth-order valence-corrected chi connectivity index (χ4v) is 2.76. The van der Waals surface area contributed by atoms with Gasteiger partial charge in [-0.25, -0.2) is 0 Å². The third-order valence-corrected chi connectivity index (χ3v) is 3.62. The quantitative estimate of drug-likeness (QED) is 0.793. The monoisotopic (exact) mass is 309 g/mol. The Labute approximate surface area is 114 Å². The first-order chi connectivity index (χ1) is 8.70. The summed E-state index contributed by atoms with van der Waals surface area (Å²) in [6, 6.07) is 2.10. The van der Waals surface area contributed by atoms with Crippen LogP contribution in [0.5, 0.6) is 0 Å². The van der Waals surface area contributed by atoms with Gasteiger partial charge in [-0.3, -0.25) is 5.10 Å². The number of nitrogens with zero attached hydrogens (tertiary/aromatic N) is 2. The van der Waals surface area contributed by atoms with E-state index >= 15 is 0 Å². The van der Waals surface area contributed by atoms with Crippen LogP contribution in [-0.2, 0) is 0 Å². The van der Waals surface area contributed by atoms with Gasteiger partial charge in [-0.15, -0.1) is 0 Å². The second-order valence-corrected chi connectivity index (χ2v) is 5.70. The van der Waals surface area contributed by atoms with Gasteiger partial charge in [0.1, 0.15) is 0 Å². The second-order valence-electron chi connectivity index (χ2n) is 4.79. The molecular weight excluding hydrogens is 294 g/mol. The van der Waals surface area contributed by atoms with Gasteiger partial charge in [-0.05, 0) is 22.0 Å². The average Bonchev–Trinajstić information content (AvgIpc) is 2.61. The molecule has 1 aromatic heterocycles. The normalized spacial score (nSPS) is 20.2. The van der Waals surface area contributed by atoms with E-state index in [4.69, 9.17) is 0 Å². The van der Waals surface area contributed by atoms with Crippen LogP contribution in [0.25, 0.3) is 0 Å². The minimum absolute atomic E-state index is 0.586. The highest BCUT2D eigenvalue weighted by Crippen LogP contribution is 2.22. The molecule has 18 heavy (non-hydrogen) atoms. The maximum atomic E-state index is 4.31. The van der Waals surface area contributed by atoms with Crippen molar-refractivity contribution in [1.29, 1.82) is 0 Å². The first kappa shape index (κ1) is 11.8. The molecule has 0 atom stereocenters. The topological polar surface area (TPSA) is 56.0 Å². The van der Waals surface area contributed by atoms with Gasteiger partial charge in [0.25, 0.3) is 0 Å². The number of aromatic nitrogens is 2. The van der Waals surface area contributed by atoms with Crippen molar-refractivity contribution in [2.45, 2.75) is 5.92 Å². The molecule has 96 valence electrons. The fraction of sp³-hybridized carbons (Fsp3) is 0.417. The predicted octanol–water partition coefficient (Wildman–Crippen LogP) is 1.57. The molecule has 1 fully saturated rings. The van der Waals surface area contributed by atoms with Gasteiger partial charge in [0.2, 0.25) is 0 Å². The fourth-order valence-electron chi connectivity index (χ4n) is 2.13. The van der Waals surface area contributed by atoms with Crippen LogP contribution in [0.3, 0.4) is 0 Å². The molecule has 0 spiro atoms. The molecule has 2 aliphatic heterocycles. The van der Waals surface area contributed by atoms with Crippen molar-refractivity contribution in [2.24, 2.45) is 0 Å². The van der Waals surface area contributed by atoms with Gasteiger partial charge in [0, 0.05) is 54.2 Å². The Balaban J connectivity index is 1.69. The Morgan fingerprint density at radius 2 is 2.33 bits per heavy atom. The molecule has 0 amide bonds. The molecule has 3 heterocycles. The second kappa shape index (κ2) is 4.78. The highest BCUT2D eigenvalue weighted by molar-refractivity contribution is 9.11. The number of hydrogen-bond acceptors (Lipinski definition) is 4. The first-order valence-electron chi connectivity index (χ1n) is 6.02. The third kappa shape index (κ3) is 2.44. The summed E-state index contributed by atoms with van der Waals surface area (Å²) in [4.78, 5) is 2.12. The van der Waals surface area contributed by atoms with Crippen molar-refractivity contribution in [3.63, 3.8) is 0 Å². The summed E-state index contributed by atoms with van der Waals surface area (Å²) in [5.41, 5.74) is 2.34. The summed E-state index contributed by atoms with van der Waals surface area (Å²) in [5, 5.41) is 14.0. The van der Waals surface area contributed by atoms with E-state index in [-0.39, 0.29) is 0 Å². The molecule has 3 N–H and O–H groups in total. The molecule has 5 nitrogen and oxygen atoms in total. The van der Waals surface area contributed by atoms with Crippen LogP contribution in [0.1, 0.15) is 11.6 Å². The maximum Gasteiger partial charge on any atom is 0.152 e. The number of halogens is 1. The van der Waals surface area contributed by atoms with E-state index in [1.54, 1.807) is 0 Å². The number of H-pyrrole nitrogens is 1. The lowest BCUT2D eigenvalue weighted by Crippen LogP contribution is -2.40. The zero-order valence-electron chi connectivity index (χ0n) is 10.2. The van der Waals surface area contributed by atoms with Crippen molar-refractivity contribution in [3.8, 4) is 0 Å². The number of nitrogens with one attached hydrogen (secondary N) is 3. The van der Waals surface area contributed by atoms with E-state index in [2.05, 4.69) is 60.0 Å². The standard InChI is InChI=1S/C12H16BrN5/c1-18-6-9(13)2-10(7-18)15-12-3-11(16-17-12)8-4-14-5-8/h2-3,6,8,14H,4-5,7H2,1H3,(H2,15,16,17). The van der Waals surface area contributed by atoms with Crippen molar-refractivity contribution in [2.75, 3.05) is 32.0 Å². The maximum absolute atomic E-state index is 4.31. The predicted molar refractivity (Wildman–Crippen MR) is 75.5 cm³/mol. The van der Waals surface area contributed by atoms with E-state index in [0.717, 1.165) is 35.6 Å². The molecule has 0 radical (unpaired) electrons. The molecule has 0 saturated carbocycles. The third-order valence-electron chi connectivity index (χ3n) is 3.18. The van der Waals surface area contributed by atoms with Crippen LogP contribution < -0.4 is 10.6 Å². The molecule has 0 aliphatic carbocycles. The Morgan fingerprint density at radius 1 is 1.50 bits per heavy atom. The van der Waals surface area contributed by atoms with Crippen LogP contribution in [0, 0.1) is 0 Å². The summed E-state index contributed by atoms with van der Waals surface area (Å²) >= 11 is 3.50. The van der Waals surface area contributed by atoms with Gasteiger partial charge >= 0.3 is 0 Å². The minimum atomic E-state index is 0.586. The van der Waals surface area contributed by atoms with E-state index in [0.29, 0.717) is 5.92 Å². The minimum Gasteiger partial charge on any atom is -0.374 e. The molecule has 0 unspecified atom stereocenters. The first-order valence-corrected chi connectivity index (χ1v) is 6.81. The van der Waals surface area contributed by atoms with Crippen molar-refractivity contribution >= 4 is 21.7 Å². The van der Waals surface area contributed by atoms with Crippen LogP contribution in [0.15, 0.2) is 28.5 Å². The Hall–Kier alpha value is -1.27. The Morgan fingerprint density at radius 3 is 3.00 bits per heavy atom. The SMILES string of the molecule is CN1C=C(Br)C=C(Nc2cc(C3CNC3)[nH]n2)C1. The smallest absolute Gasteiger partial charge is 0.152 e. The van der Waals surface area contributed by atoms with E-state index in [9.17, 15) is 0 Å². The number of allylic oxidation sites excluding steroid dienone is 2. The molecule has 1 aromatic rings.